The predicted octanol–water partition coefficient (Wildman–Crippen LogP) is 4.33. The summed E-state index contributed by atoms with van der Waals surface area (Å²) in [5, 5.41) is 12.7. The minimum Gasteiger partial charge on any atom is -0.494 e. The lowest BCUT2D eigenvalue weighted by Crippen LogP contribution is -2.22. The maximum Gasteiger partial charge on any atom is 0.307 e. The summed E-state index contributed by atoms with van der Waals surface area (Å²) < 4.78 is 0. The van der Waals surface area contributed by atoms with E-state index in [-0.39, 0.29) is 16.7 Å². The summed E-state index contributed by atoms with van der Waals surface area (Å²) in [6.45, 7) is 0.450. The molecule has 1 amide bonds. The summed E-state index contributed by atoms with van der Waals surface area (Å²) in [5.41, 5.74) is 4.78. The minimum absolute atomic E-state index is 0.0562. The van der Waals surface area contributed by atoms with Crippen LogP contribution in [0.3, 0.4) is 0 Å². The fraction of sp³-hybridized carbons (Fsp3) is 0.0833. The van der Waals surface area contributed by atoms with Crippen LogP contribution in [0, 0.1) is 0 Å². The topological polar surface area (TPSA) is 82.2 Å². The average molecular weight is 417 g/mol. The first-order chi connectivity index (χ1) is 14.6. The number of hydrogen-bond donors (Lipinski definition) is 3. The largest absolute Gasteiger partial charge is 0.494 e. The molecule has 0 aliphatic heterocycles. The van der Waals surface area contributed by atoms with Crippen molar-refractivity contribution in [3.05, 3.63) is 110 Å². The molecule has 0 spiro atoms. The molecule has 0 fully saturated rings. The molecule has 0 aliphatic carbocycles. The molecule has 0 saturated heterocycles. The molecule has 150 valence electrons. The molecule has 0 bridgehead atoms. The van der Waals surface area contributed by atoms with E-state index in [4.69, 9.17) is 0 Å². The number of aromatic amines is 1. The van der Waals surface area contributed by atoms with E-state index in [1.54, 1.807) is 12.1 Å². The number of nitrogens with one attached hydrogen (secondary N) is 2. The van der Waals surface area contributed by atoms with Crippen molar-refractivity contribution >= 4 is 17.2 Å². The van der Waals surface area contributed by atoms with Gasteiger partial charge in [-0.05, 0) is 40.5 Å². The summed E-state index contributed by atoms with van der Waals surface area (Å²) in [5.74, 6) is -0.153. The summed E-state index contributed by atoms with van der Waals surface area (Å²) in [7, 11) is 0. The van der Waals surface area contributed by atoms with E-state index < -0.39 is 0 Å². The molecule has 4 aromatic rings. The zero-order valence-electron chi connectivity index (χ0n) is 16.1. The molecular weight excluding hydrogens is 396 g/mol. The Labute approximate surface area is 177 Å². The Morgan fingerprint density at radius 3 is 2.37 bits per heavy atom. The molecule has 5 nitrogen and oxygen atoms in total. The van der Waals surface area contributed by atoms with Crippen molar-refractivity contribution in [1.29, 1.82) is 0 Å². The van der Waals surface area contributed by atoms with Crippen LogP contribution < -0.4 is 10.2 Å². The first kappa shape index (κ1) is 19.7. The molecule has 1 aromatic heterocycles. The van der Waals surface area contributed by atoms with E-state index in [0.717, 1.165) is 33.6 Å². The molecule has 0 aliphatic rings. The van der Waals surface area contributed by atoms with Crippen molar-refractivity contribution in [3.8, 4) is 17.0 Å². The number of H-pyrrole nitrogens is 1. The number of rotatable bonds is 6. The van der Waals surface area contributed by atoms with Crippen LogP contribution in [0.4, 0.5) is 0 Å². The summed E-state index contributed by atoms with van der Waals surface area (Å²) in [6, 6.07) is 25.2. The lowest BCUT2D eigenvalue weighted by atomic mass is 10.0. The zero-order valence-corrected chi connectivity index (χ0v) is 16.9. The highest BCUT2D eigenvalue weighted by molar-refractivity contribution is 7.09. The molecule has 3 aromatic carbocycles. The number of aromatic hydroxyl groups is 1. The van der Waals surface area contributed by atoms with E-state index in [2.05, 4.69) is 16.4 Å². The Bertz CT molecular complexity index is 1210. The van der Waals surface area contributed by atoms with E-state index in [0.29, 0.717) is 23.4 Å². The van der Waals surface area contributed by atoms with Crippen LogP contribution in [0.1, 0.15) is 26.4 Å². The molecule has 0 unspecified atom stereocenters. The van der Waals surface area contributed by atoms with Gasteiger partial charge >= 0.3 is 4.87 Å². The van der Waals surface area contributed by atoms with Crippen molar-refractivity contribution in [1.82, 2.24) is 10.3 Å². The van der Waals surface area contributed by atoms with E-state index in [1.807, 2.05) is 60.7 Å². The van der Waals surface area contributed by atoms with Gasteiger partial charge in [-0.25, -0.2) is 0 Å². The number of carbonyl (C=O) groups excluding carboxylic acids is 1. The second-order valence-corrected chi connectivity index (χ2v) is 7.98. The Morgan fingerprint density at radius 2 is 1.67 bits per heavy atom. The molecule has 30 heavy (non-hydrogen) atoms. The number of hydrogen-bond acceptors (Lipinski definition) is 4. The number of thiazole rings is 1. The zero-order chi connectivity index (χ0) is 20.9. The highest BCUT2D eigenvalue weighted by atomic mass is 32.1. The van der Waals surface area contributed by atoms with Crippen LogP contribution in [0.15, 0.2) is 83.7 Å². The summed E-state index contributed by atoms with van der Waals surface area (Å²) in [4.78, 5) is 26.3. The van der Waals surface area contributed by atoms with Crippen LogP contribution in [-0.4, -0.2) is 16.0 Å². The van der Waals surface area contributed by atoms with Crippen molar-refractivity contribution in [2.24, 2.45) is 0 Å². The lowest BCUT2D eigenvalue weighted by molar-refractivity contribution is 0.0951. The quantitative estimate of drug-likeness (QED) is 0.438. The van der Waals surface area contributed by atoms with Gasteiger partial charge in [0.2, 0.25) is 5.88 Å². The third-order valence-electron chi connectivity index (χ3n) is 4.77. The van der Waals surface area contributed by atoms with Gasteiger partial charge in [0.1, 0.15) is 0 Å². The Kier molecular flexibility index (Phi) is 5.77. The Balaban J connectivity index is 1.43. The maximum atomic E-state index is 12.2. The third-order valence-corrected chi connectivity index (χ3v) is 5.64. The molecule has 0 atom stereocenters. The standard InChI is InChI=1S/C24H20N2O3S/c27-22(19-6-2-1-3-7-19)25-15-17-5-4-8-20(13-17)18-11-9-16(10-12-18)14-21-23(28)26-24(29)30-21/h1-13,28H,14-15H2,(H,25,27)(H,26,29). The van der Waals surface area contributed by atoms with Gasteiger partial charge in [-0.1, -0.05) is 72.0 Å². The van der Waals surface area contributed by atoms with Crippen LogP contribution in [0.5, 0.6) is 5.88 Å². The summed E-state index contributed by atoms with van der Waals surface area (Å²) >= 11 is 1.02. The fourth-order valence-corrected chi connectivity index (χ4v) is 3.97. The Hall–Kier alpha value is -3.64. The SMILES string of the molecule is O=C(NCc1cccc(-c2ccc(Cc3sc(=O)[nH]c3O)cc2)c1)c1ccccc1. The fourth-order valence-electron chi connectivity index (χ4n) is 3.21. The smallest absolute Gasteiger partial charge is 0.307 e. The average Bonchev–Trinajstić information content (AvgIpc) is 3.10. The number of amides is 1. The lowest BCUT2D eigenvalue weighted by Gasteiger charge is -2.08. The minimum atomic E-state index is -0.254. The van der Waals surface area contributed by atoms with E-state index in [9.17, 15) is 14.7 Å². The number of carbonyl (C=O) groups is 1. The third kappa shape index (κ3) is 4.67. The normalized spacial score (nSPS) is 10.7. The second-order valence-electron chi connectivity index (χ2n) is 6.91. The van der Waals surface area contributed by atoms with E-state index in [1.165, 1.54) is 0 Å². The predicted molar refractivity (Wildman–Crippen MR) is 119 cm³/mol. The van der Waals surface area contributed by atoms with Gasteiger partial charge in [-0.3, -0.25) is 14.6 Å². The van der Waals surface area contributed by atoms with Gasteiger partial charge in [0.15, 0.2) is 0 Å². The second kappa shape index (κ2) is 8.80. The first-order valence-electron chi connectivity index (χ1n) is 9.51. The highest BCUT2D eigenvalue weighted by Crippen LogP contribution is 2.24. The van der Waals surface area contributed by atoms with E-state index >= 15 is 0 Å². The van der Waals surface area contributed by atoms with Gasteiger partial charge in [-0.15, -0.1) is 0 Å². The van der Waals surface area contributed by atoms with Gasteiger partial charge in [0, 0.05) is 18.5 Å². The van der Waals surface area contributed by atoms with Gasteiger partial charge < -0.3 is 10.4 Å². The van der Waals surface area contributed by atoms with Gasteiger partial charge in [0.05, 0.1) is 4.88 Å². The first-order valence-corrected chi connectivity index (χ1v) is 10.3. The van der Waals surface area contributed by atoms with Crippen LogP contribution in [0.25, 0.3) is 11.1 Å². The monoisotopic (exact) mass is 416 g/mol. The molecule has 0 radical (unpaired) electrons. The van der Waals surface area contributed by atoms with Crippen molar-refractivity contribution in [3.63, 3.8) is 0 Å². The summed E-state index contributed by atoms with van der Waals surface area (Å²) in [6.07, 6.45) is 0.501. The Morgan fingerprint density at radius 1 is 0.900 bits per heavy atom. The van der Waals surface area contributed by atoms with Crippen molar-refractivity contribution < 1.29 is 9.90 Å². The number of aromatic nitrogens is 1. The number of benzene rings is 3. The van der Waals surface area contributed by atoms with Crippen LogP contribution in [0.2, 0.25) is 0 Å². The molecule has 3 N–H and O–H groups in total. The molecule has 1 heterocycles. The maximum absolute atomic E-state index is 12.2. The van der Waals surface area contributed by atoms with Crippen LogP contribution in [-0.2, 0) is 13.0 Å². The van der Waals surface area contributed by atoms with Crippen molar-refractivity contribution in [2.45, 2.75) is 13.0 Å². The van der Waals surface area contributed by atoms with Crippen LogP contribution >= 0.6 is 11.3 Å². The van der Waals surface area contributed by atoms with Gasteiger partial charge in [0.25, 0.3) is 5.91 Å². The van der Waals surface area contributed by atoms with Gasteiger partial charge in [-0.2, -0.15) is 0 Å². The van der Waals surface area contributed by atoms with Crippen molar-refractivity contribution in [2.75, 3.05) is 0 Å². The highest BCUT2D eigenvalue weighted by Gasteiger charge is 2.08. The molecule has 4 rings (SSSR count). The molecule has 0 saturated carbocycles. The molecular formula is C24H20N2O3S. The molecule has 6 heteroatoms.